The molecule has 0 bridgehead atoms. The number of aromatic nitrogens is 1. The number of rotatable bonds is 1. The molecule has 7 heteroatoms. The van der Waals surface area contributed by atoms with Gasteiger partial charge >= 0.3 is 6.09 Å². The Kier molecular flexibility index (Phi) is 2.56. The first-order valence-electron chi connectivity index (χ1n) is 4.40. The van der Waals surface area contributed by atoms with E-state index < -0.39 is 10.7 Å². The highest BCUT2D eigenvalue weighted by atomic mass is 79.9. The Bertz CT molecular complexity index is 500. The van der Waals surface area contributed by atoms with Crippen LogP contribution < -0.4 is 4.59 Å². The number of carboxylic acid groups (broad SMARTS) is 1. The topological polar surface area (TPSA) is 74.9 Å². The van der Waals surface area contributed by atoms with Gasteiger partial charge in [0.05, 0.1) is 5.69 Å². The van der Waals surface area contributed by atoms with Gasteiger partial charge in [0.25, 0.3) is 5.82 Å². The minimum Gasteiger partial charge on any atom is -0.433 e. The molecular weight excluding hydrogens is 276 g/mol. The number of quaternary nitrogens is 1. The lowest BCUT2D eigenvalue weighted by Crippen LogP contribution is -2.46. The van der Waals surface area contributed by atoms with Gasteiger partial charge < -0.3 is 5.11 Å². The van der Waals surface area contributed by atoms with Crippen LogP contribution in [0, 0.1) is 6.92 Å². The Balaban J connectivity index is 2.57. The third-order valence-corrected chi connectivity index (χ3v) is 3.02. The number of aliphatic imine (C=N–C) groups is 1. The fraction of sp³-hybridized carbons (Fsp3) is 0.111. The highest BCUT2D eigenvalue weighted by Crippen LogP contribution is 2.25. The van der Waals surface area contributed by atoms with Crippen molar-refractivity contribution in [2.24, 2.45) is 10.1 Å². The minimum atomic E-state index is -1.15. The molecule has 1 aliphatic rings. The summed E-state index contributed by atoms with van der Waals surface area (Å²) in [4.78, 5) is 19.1. The third kappa shape index (κ3) is 1.54. The van der Waals surface area contributed by atoms with E-state index in [2.05, 4.69) is 31.0 Å². The van der Waals surface area contributed by atoms with Crippen LogP contribution in [0.3, 0.4) is 0 Å². The average Bonchev–Trinajstić information content (AvgIpc) is 2.72. The zero-order valence-electron chi connectivity index (χ0n) is 8.33. The van der Waals surface area contributed by atoms with Crippen molar-refractivity contribution in [2.75, 3.05) is 0 Å². The van der Waals surface area contributed by atoms with Crippen LogP contribution in [0.2, 0.25) is 0 Å². The predicted octanol–water partition coefficient (Wildman–Crippen LogP) is 2.12. The molecule has 1 amide bonds. The lowest BCUT2D eigenvalue weighted by molar-refractivity contribution is 0.172. The van der Waals surface area contributed by atoms with Crippen LogP contribution in [0.15, 0.2) is 26.7 Å². The van der Waals surface area contributed by atoms with Crippen molar-refractivity contribution in [1.29, 1.82) is 0 Å². The SMILES string of the molecule is Cc1nc([N+]2(C(=O)O)C=NC=N2)ccc1Br. The molecule has 6 nitrogen and oxygen atoms in total. The smallest absolute Gasteiger partial charge is 0.433 e. The van der Waals surface area contributed by atoms with Crippen LogP contribution in [-0.4, -0.2) is 28.9 Å². The lowest BCUT2D eigenvalue weighted by atomic mass is 10.3. The fourth-order valence-corrected chi connectivity index (χ4v) is 1.52. The van der Waals surface area contributed by atoms with Crippen molar-refractivity contribution in [1.82, 2.24) is 9.58 Å². The second-order valence-electron chi connectivity index (χ2n) is 3.20. The summed E-state index contributed by atoms with van der Waals surface area (Å²) >= 11 is 3.30. The van der Waals surface area contributed by atoms with Gasteiger partial charge in [0.2, 0.25) is 6.34 Å². The second kappa shape index (κ2) is 3.76. The number of hydrogen-bond donors (Lipinski definition) is 1. The van der Waals surface area contributed by atoms with E-state index in [1.807, 2.05) is 0 Å². The highest BCUT2D eigenvalue weighted by molar-refractivity contribution is 9.10. The number of amides is 1. The van der Waals surface area contributed by atoms with Gasteiger partial charge in [-0.1, -0.05) is 0 Å². The van der Waals surface area contributed by atoms with Crippen LogP contribution in [0.5, 0.6) is 0 Å². The van der Waals surface area contributed by atoms with Gasteiger partial charge in [0, 0.05) is 10.5 Å². The van der Waals surface area contributed by atoms with Gasteiger partial charge in [-0.3, -0.25) is 0 Å². The molecule has 0 spiro atoms. The van der Waals surface area contributed by atoms with Crippen LogP contribution >= 0.6 is 15.9 Å². The van der Waals surface area contributed by atoms with E-state index in [1.54, 1.807) is 19.1 Å². The summed E-state index contributed by atoms with van der Waals surface area (Å²) in [5.41, 5.74) is 0.701. The zero-order valence-corrected chi connectivity index (χ0v) is 9.92. The first kappa shape index (κ1) is 10.9. The van der Waals surface area contributed by atoms with Gasteiger partial charge in [0.1, 0.15) is 0 Å². The summed E-state index contributed by atoms with van der Waals surface area (Å²) < 4.78 is 0.0774. The maximum atomic E-state index is 11.2. The molecule has 0 aliphatic carbocycles. The Hall–Kier alpha value is -1.60. The van der Waals surface area contributed by atoms with Gasteiger partial charge in [0.15, 0.2) is 6.34 Å². The highest BCUT2D eigenvalue weighted by Gasteiger charge is 2.43. The molecule has 2 rings (SSSR count). The van der Waals surface area contributed by atoms with Crippen molar-refractivity contribution < 1.29 is 9.90 Å². The monoisotopic (exact) mass is 283 g/mol. The van der Waals surface area contributed by atoms with E-state index in [1.165, 1.54) is 12.7 Å². The molecule has 2 heterocycles. The van der Waals surface area contributed by atoms with Crippen molar-refractivity contribution in [3.05, 3.63) is 22.3 Å². The molecule has 1 unspecified atom stereocenters. The quantitative estimate of drug-likeness (QED) is 0.802. The zero-order chi connectivity index (χ0) is 11.8. The Morgan fingerprint density at radius 2 is 2.25 bits per heavy atom. The molecule has 0 radical (unpaired) electrons. The number of halogens is 1. The minimum absolute atomic E-state index is 0.297. The molecule has 16 heavy (non-hydrogen) atoms. The summed E-state index contributed by atoms with van der Waals surface area (Å²) in [6.45, 7) is 1.78. The Morgan fingerprint density at radius 1 is 1.50 bits per heavy atom. The normalized spacial score (nSPS) is 22.6. The number of aryl methyl sites for hydroxylation is 1. The Labute approximate surface area is 99.7 Å². The van der Waals surface area contributed by atoms with Crippen molar-refractivity contribution in [3.63, 3.8) is 0 Å². The third-order valence-electron chi connectivity index (χ3n) is 2.18. The summed E-state index contributed by atoms with van der Waals surface area (Å²) in [5.74, 6) is 0.297. The number of hydrogen-bond acceptors (Lipinski definition) is 4. The lowest BCUT2D eigenvalue weighted by Gasteiger charge is -2.15. The molecular formula is C9H8BrN4O2+. The first-order chi connectivity index (χ1) is 7.56. The maximum absolute atomic E-state index is 11.2. The van der Waals surface area contributed by atoms with Gasteiger partial charge in [-0.15, -0.1) is 0 Å². The van der Waals surface area contributed by atoms with E-state index in [-0.39, 0.29) is 0 Å². The molecule has 0 aromatic carbocycles. The Morgan fingerprint density at radius 3 is 2.75 bits per heavy atom. The maximum Gasteiger partial charge on any atom is 0.554 e. The molecule has 0 saturated carbocycles. The number of carbonyl (C=O) groups is 1. The summed E-state index contributed by atoms with van der Waals surface area (Å²) in [6.07, 6.45) is 1.28. The summed E-state index contributed by atoms with van der Waals surface area (Å²) in [7, 11) is 0. The molecule has 1 aromatic heterocycles. The standard InChI is InChI=1S/C9H7BrN4O2/c1-6-7(10)2-3-8(13-6)14(9(15)16)5-11-4-12-14/h2-5H,1H3/p+1. The predicted molar refractivity (Wildman–Crippen MR) is 63.5 cm³/mol. The van der Waals surface area contributed by atoms with Crippen molar-refractivity contribution in [3.8, 4) is 0 Å². The van der Waals surface area contributed by atoms with Gasteiger partial charge in [-0.25, -0.2) is 0 Å². The molecule has 1 aliphatic heterocycles. The number of pyridine rings is 1. The van der Waals surface area contributed by atoms with Crippen LogP contribution in [0.4, 0.5) is 10.6 Å². The largest absolute Gasteiger partial charge is 0.554 e. The van der Waals surface area contributed by atoms with E-state index in [0.29, 0.717) is 11.5 Å². The van der Waals surface area contributed by atoms with E-state index in [4.69, 9.17) is 0 Å². The molecule has 1 atom stereocenters. The van der Waals surface area contributed by atoms with Crippen molar-refractivity contribution >= 4 is 40.5 Å². The summed E-state index contributed by atoms with van der Waals surface area (Å²) in [5, 5.41) is 13.0. The van der Waals surface area contributed by atoms with E-state index >= 15 is 0 Å². The second-order valence-corrected chi connectivity index (χ2v) is 4.05. The molecule has 1 N–H and O–H groups in total. The summed E-state index contributed by atoms with van der Waals surface area (Å²) in [6, 6.07) is 3.34. The van der Waals surface area contributed by atoms with Crippen LogP contribution in [0.1, 0.15) is 5.69 Å². The van der Waals surface area contributed by atoms with Crippen LogP contribution in [0.25, 0.3) is 0 Å². The van der Waals surface area contributed by atoms with E-state index in [0.717, 1.165) is 4.47 Å². The van der Waals surface area contributed by atoms with E-state index in [9.17, 15) is 9.90 Å². The first-order valence-corrected chi connectivity index (χ1v) is 5.20. The van der Waals surface area contributed by atoms with Gasteiger partial charge in [-0.2, -0.15) is 14.8 Å². The molecule has 82 valence electrons. The fourth-order valence-electron chi connectivity index (χ4n) is 1.30. The van der Waals surface area contributed by atoms with Gasteiger partial charge in [-0.05, 0) is 38.6 Å². The molecule has 0 fully saturated rings. The average molecular weight is 284 g/mol. The van der Waals surface area contributed by atoms with Crippen LogP contribution in [-0.2, 0) is 0 Å². The molecule has 0 saturated heterocycles. The van der Waals surface area contributed by atoms with Crippen molar-refractivity contribution in [2.45, 2.75) is 6.92 Å². The molecule has 1 aromatic rings. The number of nitrogens with zero attached hydrogens (tertiary/aromatic N) is 4.